The Morgan fingerprint density at radius 2 is 1.55 bits per heavy atom. The maximum absolute atomic E-state index is 14.2. The number of benzene rings is 3. The molecule has 226 valence electrons. The zero-order valence-corrected chi connectivity index (χ0v) is 25.9. The van der Waals surface area contributed by atoms with Gasteiger partial charge in [0.05, 0.1) is 31.9 Å². The molecule has 0 heterocycles. The first kappa shape index (κ1) is 32.6. The van der Waals surface area contributed by atoms with Crippen molar-refractivity contribution in [3.63, 3.8) is 0 Å². The summed E-state index contributed by atoms with van der Waals surface area (Å²) in [6.45, 7) is 3.32. The highest BCUT2D eigenvalue weighted by Gasteiger charge is 2.34. The average molecular weight is 618 g/mol. The van der Waals surface area contributed by atoms with Crippen LogP contribution in [0.1, 0.15) is 19.4 Å². The van der Waals surface area contributed by atoms with E-state index in [0.717, 1.165) is 9.87 Å². The molecule has 0 saturated heterocycles. The van der Waals surface area contributed by atoms with E-state index in [4.69, 9.17) is 25.8 Å². The highest BCUT2D eigenvalue weighted by atomic mass is 35.5. The zero-order valence-electron chi connectivity index (χ0n) is 24.3. The second-order valence-electron chi connectivity index (χ2n) is 9.24. The molecule has 0 aromatic heterocycles. The van der Waals surface area contributed by atoms with Crippen molar-refractivity contribution in [3.8, 4) is 17.2 Å². The standard InChI is InChI=1S/C30H36ClN3O7S/c1-6-32-30(36)21(2)33(17-16-22-10-8-7-9-11-22)29(35)20-34(25-18-23(31)12-14-26(25)39-3)42(37,38)24-13-15-27(40-4)28(19-24)41-5/h7-15,18-19,21H,6,16-17,20H2,1-5H3,(H,32,36). The van der Waals surface area contributed by atoms with Crippen molar-refractivity contribution in [1.29, 1.82) is 0 Å². The van der Waals surface area contributed by atoms with E-state index < -0.39 is 28.5 Å². The highest BCUT2D eigenvalue weighted by Crippen LogP contribution is 2.37. The number of halogens is 1. The summed E-state index contributed by atoms with van der Waals surface area (Å²) in [5, 5.41) is 2.98. The van der Waals surface area contributed by atoms with Crippen LogP contribution in [0, 0.1) is 0 Å². The monoisotopic (exact) mass is 617 g/mol. The number of sulfonamides is 1. The Morgan fingerprint density at radius 1 is 0.905 bits per heavy atom. The molecule has 0 saturated carbocycles. The minimum Gasteiger partial charge on any atom is -0.495 e. The smallest absolute Gasteiger partial charge is 0.265 e. The van der Waals surface area contributed by atoms with Gasteiger partial charge in [-0.2, -0.15) is 0 Å². The van der Waals surface area contributed by atoms with Crippen LogP contribution in [0.5, 0.6) is 17.2 Å². The third-order valence-corrected chi connectivity index (χ3v) is 8.62. The van der Waals surface area contributed by atoms with E-state index in [2.05, 4.69) is 5.32 Å². The number of nitrogens with one attached hydrogen (secondary N) is 1. The fourth-order valence-electron chi connectivity index (χ4n) is 4.37. The Labute approximate surface area is 252 Å². The first-order valence-corrected chi connectivity index (χ1v) is 15.1. The average Bonchev–Trinajstić information content (AvgIpc) is 2.99. The molecule has 12 heteroatoms. The number of amides is 2. The quantitative estimate of drug-likeness (QED) is 0.289. The normalized spacial score (nSPS) is 11.8. The van der Waals surface area contributed by atoms with E-state index in [1.807, 2.05) is 30.3 Å². The number of carbonyl (C=O) groups excluding carboxylic acids is 2. The van der Waals surface area contributed by atoms with Gasteiger partial charge in [0, 0.05) is 24.2 Å². The predicted molar refractivity (Wildman–Crippen MR) is 162 cm³/mol. The number of anilines is 1. The van der Waals surface area contributed by atoms with Gasteiger partial charge in [0.1, 0.15) is 18.3 Å². The van der Waals surface area contributed by atoms with Crippen LogP contribution in [0.2, 0.25) is 5.02 Å². The number of rotatable bonds is 14. The molecule has 1 unspecified atom stereocenters. The fourth-order valence-corrected chi connectivity index (χ4v) is 5.97. The zero-order chi connectivity index (χ0) is 30.9. The van der Waals surface area contributed by atoms with Crippen LogP contribution >= 0.6 is 11.6 Å². The third-order valence-electron chi connectivity index (χ3n) is 6.63. The molecule has 3 aromatic carbocycles. The molecule has 10 nitrogen and oxygen atoms in total. The van der Waals surface area contributed by atoms with Gasteiger partial charge in [-0.3, -0.25) is 13.9 Å². The van der Waals surface area contributed by atoms with Crippen LogP contribution < -0.4 is 23.8 Å². The van der Waals surface area contributed by atoms with E-state index in [0.29, 0.717) is 18.7 Å². The lowest BCUT2D eigenvalue weighted by Crippen LogP contribution is -2.52. The van der Waals surface area contributed by atoms with Crippen molar-refractivity contribution in [2.24, 2.45) is 0 Å². The van der Waals surface area contributed by atoms with Gasteiger partial charge in [0.25, 0.3) is 10.0 Å². The lowest BCUT2D eigenvalue weighted by molar-refractivity contribution is -0.138. The molecule has 3 aromatic rings. The van der Waals surface area contributed by atoms with Crippen molar-refractivity contribution < 1.29 is 32.2 Å². The summed E-state index contributed by atoms with van der Waals surface area (Å²) < 4.78 is 45.4. The van der Waals surface area contributed by atoms with Gasteiger partial charge >= 0.3 is 0 Å². The molecular weight excluding hydrogens is 582 g/mol. The molecule has 2 amide bonds. The van der Waals surface area contributed by atoms with Gasteiger partial charge in [-0.25, -0.2) is 8.42 Å². The molecule has 0 aliphatic heterocycles. The molecule has 0 aliphatic carbocycles. The van der Waals surface area contributed by atoms with Gasteiger partial charge in [0.2, 0.25) is 11.8 Å². The van der Waals surface area contributed by atoms with Gasteiger partial charge in [-0.1, -0.05) is 41.9 Å². The minimum atomic E-state index is -4.40. The Bertz CT molecular complexity index is 1490. The van der Waals surface area contributed by atoms with Crippen LogP contribution in [0.25, 0.3) is 0 Å². The molecular formula is C30H36ClN3O7S. The largest absolute Gasteiger partial charge is 0.495 e. The Balaban J connectivity index is 2.10. The van der Waals surface area contributed by atoms with Crippen molar-refractivity contribution in [2.75, 3.05) is 45.3 Å². The Morgan fingerprint density at radius 3 is 2.17 bits per heavy atom. The highest BCUT2D eigenvalue weighted by molar-refractivity contribution is 7.92. The first-order valence-electron chi connectivity index (χ1n) is 13.3. The molecule has 42 heavy (non-hydrogen) atoms. The maximum atomic E-state index is 14.2. The fraction of sp³-hybridized carbons (Fsp3) is 0.333. The second kappa shape index (κ2) is 14.8. The van der Waals surface area contributed by atoms with Crippen molar-refractivity contribution in [2.45, 2.75) is 31.2 Å². The number of likely N-dealkylation sites (N-methyl/N-ethyl adjacent to an activating group) is 1. The molecule has 1 atom stereocenters. The summed E-state index contributed by atoms with van der Waals surface area (Å²) in [5.41, 5.74) is 1.02. The summed E-state index contributed by atoms with van der Waals surface area (Å²) in [6.07, 6.45) is 0.458. The molecule has 0 spiro atoms. The summed E-state index contributed by atoms with van der Waals surface area (Å²) in [5.74, 6) is -0.229. The number of hydrogen-bond acceptors (Lipinski definition) is 7. The first-order chi connectivity index (χ1) is 20.1. The molecule has 0 aliphatic rings. The number of carbonyl (C=O) groups is 2. The van der Waals surface area contributed by atoms with Gasteiger partial charge in [-0.15, -0.1) is 0 Å². The van der Waals surface area contributed by atoms with Crippen LogP contribution in [0.3, 0.4) is 0 Å². The van der Waals surface area contributed by atoms with E-state index in [1.165, 1.54) is 56.6 Å². The second-order valence-corrected chi connectivity index (χ2v) is 11.5. The van der Waals surface area contributed by atoms with Gasteiger partial charge in [-0.05, 0) is 56.2 Å². The van der Waals surface area contributed by atoms with Crippen LogP contribution in [0.15, 0.2) is 71.6 Å². The van der Waals surface area contributed by atoms with Crippen LogP contribution in [0.4, 0.5) is 5.69 Å². The maximum Gasteiger partial charge on any atom is 0.265 e. The number of methoxy groups -OCH3 is 3. The molecule has 3 rings (SSSR count). The predicted octanol–water partition coefficient (Wildman–Crippen LogP) is 4.16. The van der Waals surface area contributed by atoms with Crippen LogP contribution in [-0.4, -0.2) is 72.1 Å². The summed E-state index contributed by atoms with van der Waals surface area (Å²) in [4.78, 5) is 28.1. The molecule has 0 bridgehead atoms. The third kappa shape index (κ3) is 7.65. The van der Waals surface area contributed by atoms with Gasteiger partial charge < -0.3 is 24.4 Å². The number of hydrogen-bond donors (Lipinski definition) is 1. The van der Waals surface area contributed by atoms with Crippen molar-refractivity contribution in [1.82, 2.24) is 10.2 Å². The SMILES string of the molecule is CCNC(=O)C(C)N(CCc1ccccc1)C(=O)CN(c1cc(Cl)ccc1OC)S(=O)(=O)c1ccc(OC)c(OC)c1. The lowest BCUT2D eigenvalue weighted by Gasteiger charge is -2.32. The number of ether oxygens (including phenoxy) is 3. The van der Waals surface area contributed by atoms with E-state index in [-0.39, 0.29) is 39.6 Å². The Hall–Kier alpha value is -3.96. The topological polar surface area (TPSA) is 114 Å². The van der Waals surface area contributed by atoms with Crippen molar-refractivity contribution in [3.05, 3.63) is 77.3 Å². The Kier molecular flexibility index (Phi) is 11.5. The molecule has 0 fully saturated rings. The minimum absolute atomic E-state index is 0.0572. The molecule has 0 radical (unpaired) electrons. The summed E-state index contributed by atoms with van der Waals surface area (Å²) >= 11 is 6.28. The van der Waals surface area contributed by atoms with E-state index in [1.54, 1.807) is 19.9 Å². The molecule has 1 N–H and O–H groups in total. The van der Waals surface area contributed by atoms with E-state index in [9.17, 15) is 18.0 Å². The summed E-state index contributed by atoms with van der Waals surface area (Å²) in [7, 11) is -0.184. The van der Waals surface area contributed by atoms with Gasteiger partial charge in [0.15, 0.2) is 11.5 Å². The van der Waals surface area contributed by atoms with E-state index >= 15 is 0 Å². The summed E-state index contributed by atoms with van der Waals surface area (Å²) in [6, 6.07) is 17.2. The van der Waals surface area contributed by atoms with Crippen LogP contribution in [-0.2, 0) is 26.0 Å². The number of nitrogens with zero attached hydrogens (tertiary/aromatic N) is 2. The lowest BCUT2D eigenvalue weighted by atomic mass is 10.1. The van der Waals surface area contributed by atoms with Crippen molar-refractivity contribution >= 4 is 39.1 Å².